The van der Waals surface area contributed by atoms with E-state index in [0.29, 0.717) is 17.4 Å². The first-order chi connectivity index (χ1) is 10.8. The zero-order chi connectivity index (χ0) is 15.1. The summed E-state index contributed by atoms with van der Waals surface area (Å²) < 4.78 is 0. The Hall–Kier alpha value is -2.35. The highest BCUT2D eigenvalue weighted by Crippen LogP contribution is 2.54. The summed E-state index contributed by atoms with van der Waals surface area (Å²) in [6.45, 7) is 0. The van der Waals surface area contributed by atoms with Crippen molar-refractivity contribution in [2.24, 2.45) is 17.8 Å². The molecule has 0 amide bonds. The zero-order valence-electron chi connectivity index (χ0n) is 12.2. The lowest BCUT2D eigenvalue weighted by molar-refractivity contribution is 0.0897. The van der Waals surface area contributed by atoms with Gasteiger partial charge in [-0.3, -0.25) is 4.79 Å². The van der Waals surface area contributed by atoms with Crippen LogP contribution in [0.3, 0.4) is 0 Å². The predicted octanol–water partition coefficient (Wildman–Crippen LogP) is 4.18. The molecule has 2 heteroatoms. The minimum Gasteiger partial charge on any atom is -0.507 e. The monoisotopic (exact) mass is 290 g/mol. The fraction of sp³-hybridized carbons (Fsp3) is 0.250. The zero-order valence-corrected chi connectivity index (χ0v) is 12.2. The number of fused-ring (bicyclic) bond motifs is 2. The molecule has 2 aliphatic rings. The Morgan fingerprint density at radius 1 is 0.955 bits per heavy atom. The van der Waals surface area contributed by atoms with E-state index in [9.17, 15) is 9.90 Å². The molecular formula is C20H18O2. The van der Waals surface area contributed by atoms with Crippen molar-refractivity contribution < 1.29 is 9.90 Å². The molecule has 0 heterocycles. The topological polar surface area (TPSA) is 37.3 Å². The highest BCUT2D eigenvalue weighted by molar-refractivity contribution is 6.01. The average molecular weight is 290 g/mol. The first-order valence-electron chi connectivity index (χ1n) is 7.81. The lowest BCUT2D eigenvalue weighted by atomic mass is 9.83. The Morgan fingerprint density at radius 2 is 1.68 bits per heavy atom. The van der Waals surface area contributed by atoms with E-state index in [2.05, 4.69) is 36.4 Å². The van der Waals surface area contributed by atoms with Gasteiger partial charge in [-0.25, -0.2) is 0 Å². The smallest absolute Gasteiger partial charge is 0.170 e. The van der Waals surface area contributed by atoms with Gasteiger partial charge in [-0.2, -0.15) is 0 Å². The van der Waals surface area contributed by atoms with Crippen LogP contribution in [0.25, 0.3) is 0 Å². The molecule has 4 atom stereocenters. The van der Waals surface area contributed by atoms with E-state index in [1.165, 1.54) is 5.56 Å². The molecule has 0 aromatic heterocycles. The van der Waals surface area contributed by atoms with Crippen LogP contribution in [0.15, 0.2) is 66.7 Å². The number of Topliss-reactive ketones (excluding diaryl/α,β-unsaturated/α-hetero) is 1. The van der Waals surface area contributed by atoms with Gasteiger partial charge in [0.05, 0.1) is 5.56 Å². The SMILES string of the molecule is O=C(c1ccccc1O)[C@H]1C[C@H]2C=C[C@@H]1[C@@H]2c1ccccc1. The fourth-order valence-electron chi connectivity index (χ4n) is 4.16. The molecule has 2 bridgehead atoms. The van der Waals surface area contributed by atoms with Gasteiger partial charge in [0.1, 0.15) is 5.75 Å². The van der Waals surface area contributed by atoms with Crippen molar-refractivity contribution in [3.05, 3.63) is 77.9 Å². The molecule has 2 aliphatic carbocycles. The second-order valence-electron chi connectivity index (χ2n) is 6.29. The van der Waals surface area contributed by atoms with Crippen LogP contribution in [-0.2, 0) is 0 Å². The van der Waals surface area contributed by atoms with Crippen LogP contribution >= 0.6 is 0 Å². The van der Waals surface area contributed by atoms with Gasteiger partial charge in [-0.1, -0.05) is 54.6 Å². The van der Waals surface area contributed by atoms with Crippen LogP contribution in [0.4, 0.5) is 0 Å². The van der Waals surface area contributed by atoms with Gasteiger partial charge in [-0.05, 0) is 41.9 Å². The maximum atomic E-state index is 12.8. The molecule has 4 rings (SSSR count). The average Bonchev–Trinajstić information content (AvgIpc) is 3.13. The molecule has 0 saturated heterocycles. The maximum absolute atomic E-state index is 12.8. The van der Waals surface area contributed by atoms with Crippen LogP contribution in [0.1, 0.15) is 28.3 Å². The Balaban J connectivity index is 1.65. The normalized spacial score (nSPS) is 28.9. The summed E-state index contributed by atoms with van der Waals surface area (Å²) in [5.41, 5.74) is 1.77. The van der Waals surface area contributed by atoms with E-state index < -0.39 is 0 Å². The first-order valence-corrected chi connectivity index (χ1v) is 7.81. The number of aromatic hydroxyl groups is 1. The minimum atomic E-state index is -0.0199. The molecule has 1 saturated carbocycles. The lowest BCUT2D eigenvalue weighted by Gasteiger charge is -2.20. The second-order valence-corrected chi connectivity index (χ2v) is 6.29. The van der Waals surface area contributed by atoms with Gasteiger partial charge in [0.15, 0.2) is 5.78 Å². The van der Waals surface area contributed by atoms with Crippen molar-refractivity contribution in [3.63, 3.8) is 0 Å². The molecule has 22 heavy (non-hydrogen) atoms. The van der Waals surface area contributed by atoms with Gasteiger partial charge in [0.25, 0.3) is 0 Å². The largest absolute Gasteiger partial charge is 0.507 e. The quantitative estimate of drug-likeness (QED) is 0.680. The molecule has 1 N–H and O–H groups in total. The molecule has 1 fully saturated rings. The number of benzene rings is 2. The molecule has 0 radical (unpaired) electrons. The molecule has 2 aromatic rings. The van der Waals surface area contributed by atoms with Gasteiger partial charge in [0, 0.05) is 5.92 Å². The Morgan fingerprint density at radius 3 is 2.45 bits per heavy atom. The standard InChI is InChI=1S/C20H18O2/c21-18-9-5-4-8-16(18)20(22)17-12-14-10-11-15(17)19(14)13-6-2-1-3-7-13/h1-11,14-15,17,19,21H,12H2/t14-,15+,17+,19-/m1/s1. The molecule has 0 aliphatic heterocycles. The van der Waals surface area contributed by atoms with E-state index in [1.807, 2.05) is 12.1 Å². The number of allylic oxidation sites excluding steroid dienone is 2. The third-order valence-corrected chi connectivity index (χ3v) is 5.14. The van der Waals surface area contributed by atoms with E-state index in [1.54, 1.807) is 18.2 Å². The third-order valence-electron chi connectivity index (χ3n) is 5.14. The Bertz CT molecular complexity index is 732. The molecular weight excluding hydrogens is 272 g/mol. The summed E-state index contributed by atoms with van der Waals surface area (Å²) in [4.78, 5) is 12.8. The van der Waals surface area contributed by atoms with E-state index in [4.69, 9.17) is 0 Å². The van der Waals surface area contributed by atoms with E-state index in [0.717, 1.165) is 6.42 Å². The van der Waals surface area contributed by atoms with Gasteiger partial charge >= 0.3 is 0 Å². The summed E-state index contributed by atoms with van der Waals surface area (Å²) in [5.74, 6) is 1.24. The molecule has 2 nitrogen and oxygen atoms in total. The molecule has 0 spiro atoms. The van der Waals surface area contributed by atoms with Crippen LogP contribution in [0.5, 0.6) is 5.75 Å². The number of phenols is 1. The number of carbonyl (C=O) groups is 1. The number of para-hydroxylation sites is 1. The lowest BCUT2D eigenvalue weighted by Crippen LogP contribution is -2.20. The van der Waals surface area contributed by atoms with Crippen LogP contribution in [-0.4, -0.2) is 10.9 Å². The highest BCUT2D eigenvalue weighted by Gasteiger charge is 2.48. The van der Waals surface area contributed by atoms with Gasteiger partial charge < -0.3 is 5.11 Å². The maximum Gasteiger partial charge on any atom is 0.170 e. The predicted molar refractivity (Wildman–Crippen MR) is 85.8 cm³/mol. The number of ketones is 1. The van der Waals surface area contributed by atoms with Crippen molar-refractivity contribution in [1.82, 2.24) is 0 Å². The van der Waals surface area contributed by atoms with Crippen molar-refractivity contribution in [3.8, 4) is 5.75 Å². The summed E-state index contributed by atoms with van der Waals surface area (Å²) in [5, 5.41) is 9.96. The molecule has 110 valence electrons. The second kappa shape index (κ2) is 5.13. The number of hydrogen-bond donors (Lipinski definition) is 1. The van der Waals surface area contributed by atoms with Crippen LogP contribution in [0, 0.1) is 17.8 Å². The van der Waals surface area contributed by atoms with Crippen LogP contribution in [0.2, 0.25) is 0 Å². The third kappa shape index (κ3) is 1.98. The van der Waals surface area contributed by atoms with Crippen molar-refractivity contribution in [2.75, 3.05) is 0 Å². The molecule has 2 aromatic carbocycles. The van der Waals surface area contributed by atoms with Crippen molar-refractivity contribution in [1.29, 1.82) is 0 Å². The number of rotatable bonds is 3. The Labute approximate surface area is 130 Å². The summed E-state index contributed by atoms with van der Waals surface area (Å²) in [6.07, 6.45) is 5.35. The highest BCUT2D eigenvalue weighted by atomic mass is 16.3. The fourth-order valence-corrected chi connectivity index (χ4v) is 4.16. The van der Waals surface area contributed by atoms with E-state index >= 15 is 0 Å². The van der Waals surface area contributed by atoms with Crippen molar-refractivity contribution >= 4 is 5.78 Å². The van der Waals surface area contributed by atoms with Crippen LogP contribution < -0.4 is 0 Å². The molecule has 0 unspecified atom stereocenters. The van der Waals surface area contributed by atoms with E-state index in [-0.39, 0.29) is 23.4 Å². The summed E-state index contributed by atoms with van der Waals surface area (Å²) >= 11 is 0. The van der Waals surface area contributed by atoms with Gasteiger partial charge in [-0.15, -0.1) is 0 Å². The number of phenolic OH excluding ortho intramolecular Hbond substituents is 1. The number of hydrogen-bond acceptors (Lipinski definition) is 2. The first kappa shape index (κ1) is 13.3. The summed E-state index contributed by atoms with van der Waals surface area (Å²) in [6, 6.07) is 17.3. The summed E-state index contributed by atoms with van der Waals surface area (Å²) in [7, 11) is 0. The number of carbonyl (C=O) groups excluding carboxylic acids is 1. The van der Waals surface area contributed by atoms with Gasteiger partial charge in [0.2, 0.25) is 0 Å². The van der Waals surface area contributed by atoms with Crippen molar-refractivity contribution in [2.45, 2.75) is 12.3 Å². The minimum absolute atomic E-state index is 0.0199. The Kier molecular flexibility index (Phi) is 3.11.